The fourth-order valence-corrected chi connectivity index (χ4v) is 1.16. The number of hydrogen-bond acceptors (Lipinski definition) is 1. The summed E-state index contributed by atoms with van der Waals surface area (Å²) in [5.74, 6) is 0. The maximum absolute atomic E-state index is 5.59. The fraction of sp³-hybridized carbons (Fsp3) is 0. The van der Waals surface area contributed by atoms with Gasteiger partial charge in [-0.3, -0.25) is 0 Å². The van der Waals surface area contributed by atoms with Crippen molar-refractivity contribution in [2.45, 2.75) is 0 Å². The molecule has 0 saturated heterocycles. The Labute approximate surface area is 75.6 Å². The molecule has 2 nitrogen and oxygen atoms in total. The van der Waals surface area contributed by atoms with E-state index < -0.39 is 0 Å². The van der Waals surface area contributed by atoms with Gasteiger partial charge in [0, 0.05) is 5.56 Å². The number of halogens is 1. The summed E-state index contributed by atoms with van der Waals surface area (Å²) in [5, 5.41) is 4.34. The van der Waals surface area contributed by atoms with E-state index in [0.717, 1.165) is 11.3 Å². The van der Waals surface area contributed by atoms with E-state index in [1.54, 1.807) is 6.20 Å². The van der Waals surface area contributed by atoms with Crippen LogP contribution in [0.4, 0.5) is 0 Å². The van der Waals surface area contributed by atoms with E-state index in [-0.39, 0.29) is 0 Å². The molecule has 3 heteroatoms. The maximum atomic E-state index is 5.59. The van der Waals surface area contributed by atoms with Crippen LogP contribution in [0, 0.1) is 0 Å². The predicted molar refractivity (Wildman–Crippen MR) is 49.8 cm³/mol. The van der Waals surface area contributed by atoms with Crippen LogP contribution in [0.2, 0.25) is 0 Å². The number of amidine groups is 1. The van der Waals surface area contributed by atoms with Crippen LogP contribution in [-0.4, -0.2) is 5.29 Å². The zero-order valence-electron chi connectivity index (χ0n) is 6.24. The van der Waals surface area contributed by atoms with Crippen LogP contribution in [-0.2, 0) is 0 Å². The molecular weight excluding hydrogens is 172 g/mol. The van der Waals surface area contributed by atoms with Crippen LogP contribution >= 0.6 is 11.6 Å². The van der Waals surface area contributed by atoms with Crippen molar-refractivity contribution < 1.29 is 0 Å². The van der Waals surface area contributed by atoms with Crippen LogP contribution < -0.4 is 5.32 Å². The summed E-state index contributed by atoms with van der Waals surface area (Å²) in [6.07, 6.45) is 1.66. The van der Waals surface area contributed by atoms with Crippen LogP contribution in [0.1, 0.15) is 5.56 Å². The second-order valence-corrected chi connectivity index (χ2v) is 2.73. The Balaban J connectivity index is 2.25. The van der Waals surface area contributed by atoms with Crippen molar-refractivity contribution in [3.63, 3.8) is 0 Å². The Morgan fingerprint density at radius 2 is 1.83 bits per heavy atom. The van der Waals surface area contributed by atoms with E-state index in [4.69, 9.17) is 11.6 Å². The van der Waals surface area contributed by atoms with Crippen molar-refractivity contribution in [3.8, 4) is 0 Å². The molecule has 0 unspecified atom stereocenters. The van der Waals surface area contributed by atoms with E-state index >= 15 is 0 Å². The molecule has 0 N–H and O–H groups in total. The molecule has 2 rings (SSSR count). The van der Waals surface area contributed by atoms with Gasteiger partial charge in [-0.25, -0.2) is 10.3 Å². The van der Waals surface area contributed by atoms with Crippen molar-refractivity contribution in [2.75, 3.05) is 0 Å². The summed E-state index contributed by atoms with van der Waals surface area (Å²) < 4.78 is 0. The first kappa shape index (κ1) is 7.37. The Bertz CT molecular complexity index is 341. The highest BCUT2D eigenvalue weighted by atomic mass is 35.5. The lowest BCUT2D eigenvalue weighted by Crippen LogP contribution is -2.02. The Morgan fingerprint density at radius 3 is 2.42 bits per heavy atom. The van der Waals surface area contributed by atoms with Gasteiger partial charge in [-0.2, -0.15) is 0 Å². The Morgan fingerprint density at radius 1 is 1.08 bits per heavy atom. The summed E-state index contributed by atoms with van der Waals surface area (Å²) in [5.41, 5.74) is 1.86. The second kappa shape index (κ2) is 2.99. The lowest BCUT2D eigenvalue weighted by molar-refractivity contribution is 1.33. The van der Waals surface area contributed by atoms with E-state index in [2.05, 4.69) is 10.3 Å². The van der Waals surface area contributed by atoms with Crippen LogP contribution in [0.15, 0.2) is 41.5 Å². The molecule has 0 saturated carbocycles. The van der Waals surface area contributed by atoms with Gasteiger partial charge in [0.1, 0.15) is 0 Å². The minimum atomic E-state index is 0.300. The smallest absolute Gasteiger partial charge is 0.223 e. The molecule has 1 aliphatic heterocycles. The SMILES string of the molecule is ClC1=NC=C(c2ccccc2)[N]1. The molecule has 0 aliphatic carbocycles. The molecule has 59 valence electrons. The molecule has 1 aromatic carbocycles. The number of rotatable bonds is 1. The summed E-state index contributed by atoms with van der Waals surface area (Å²) in [7, 11) is 0. The third-order valence-electron chi connectivity index (χ3n) is 1.58. The van der Waals surface area contributed by atoms with Crippen molar-refractivity contribution in [1.82, 2.24) is 5.32 Å². The first-order valence-corrected chi connectivity index (χ1v) is 3.95. The van der Waals surface area contributed by atoms with Crippen LogP contribution in [0.3, 0.4) is 0 Å². The van der Waals surface area contributed by atoms with Gasteiger partial charge in [-0.15, -0.1) is 0 Å². The molecule has 0 amide bonds. The molecule has 0 fully saturated rings. The number of aliphatic imine (C=N–C) groups is 1. The Kier molecular flexibility index (Phi) is 1.84. The zero-order valence-corrected chi connectivity index (χ0v) is 6.99. The lowest BCUT2D eigenvalue weighted by atomic mass is 10.2. The zero-order chi connectivity index (χ0) is 8.39. The quantitative estimate of drug-likeness (QED) is 0.588. The molecule has 1 radical (unpaired) electrons. The summed E-state index contributed by atoms with van der Waals surface area (Å²) >= 11 is 5.59. The summed E-state index contributed by atoms with van der Waals surface area (Å²) in [4.78, 5) is 3.85. The largest absolute Gasteiger partial charge is 0.224 e. The van der Waals surface area contributed by atoms with E-state index in [9.17, 15) is 0 Å². The van der Waals surface area contributed by atoms with Gasteiger partial charge in [0.2, 0.25) is 5.29 Å². The van der Waals surface area contributed by atoms with Gasteiger partial charge < -0.3 is 0 Å². The van der Waals surface area contributed by atoms with Crippen LogP contribution in [0.5, 0.6) is 0 Å². The van der Waals surface area contributed by atoms with Crippen LogP contribution in [0.25, 0.3) is 5.70 Å². The standard InChI is InChI=1S/C9H6ClN2/c10-9-11-6-8(12-9)7-4-2-1-3-5-7/h1-6H. The first-order chi connectivity index (χ1) is 5.86. The van der Waals surface area contributed by atoms with Gasteiger partial charge in [0.25, 0.3) is 0 Å². The molecule has 1 aliphatic rings. The predicted octanol–water partition coefficient (Wildman–Crippen LogP) is 2.20. The average Bonchev–Trinajstić information content (AvgIpc) is 2.54. The number of nitrogens with zero attached hydrogens (tertiary/aromatic N) is 2. The van der Waals surface area contributed by atoms with Gasteiger partial charge in [0.15, 0.2) is 0 Å². The molecule has 0 spiro atoms. The molecule has 1 heterocycles. The molecule has 0 bridgehead atoms. The monoisotopic (exact) mass is 177 g/mol. The third kappa shape index (κ3) is 1.34. The normalized spacial score (nSPS) is 15.1. The number of benzene rings is 1. The molecule has 0 atom stereocenters. The highest BCUT2D eigenvalue weighted by molar-refractivity contribution is 6.65. The van der Waals surface area contributed by atoms with Gasteiger partial charge in [-0.1, -0.05) is 30.3 Å². The topological polar surface area (TPSA) is 26.5 Å². The second-order valence-electron chi connectivity index (χ2n) is 2.39. The van der Waals surface area contributed by atoms with Gasteiger partial charge in [0.05, 0.1) is 11.9 Å². The third-order valence-corrected chi connectivity index (χ3v) is 1.76. The summed E-state index contributed by atoms with van der Waals surface area (Å²) in [6, 6.07) is 9.82. The average molecular weight is 178 g/mol. The number of hydrogen-bond donors (Lipinski definition) is 0. The first-order valence-electron chi connectivity index (χ1n) is 3.57. The van der Waals surface area contributed by atoms with Crippen molar-refractivity contribution >= 4 is 22.6 Å². The molecule has 1 aromatic rings. The van der Waals surface area contributed by atoms with Crippen molar-refractivity contribution in [3.05, 3.63) is 42.1 Å². The van der Waals surface area contributed by atoms with E-state index in [0.29, 0.717) is 5.29 Å². The minimum Gasteiger partial charge on any atom is -0.224 e. The van der Waals surface area contributed by atoms with Gasteiger partial charge in [-0.05, 0) is 11.6 Å². The molecular formula is C9H6ClN2. The molecule has 12 heavy (non-hydrogen) atoms. The molecule has 0 aromatic heterocycles. The highest BCUT2D eigenvalue weighted by Crippen LogP contribution is 2.16. The lowest BCUT2D eigenvalue weighted by Gasteiger charge is -1.98. The summed E-state index contributed by atoms with van der Waals surface area (Å²) in [6.45, 7) is 0. The highest BCUT2D eigenvalue weighted by Gasteiger charge is 2.09. The van der Waals surface area contributed by atoms with Gasteiger partial charge >= 0.3 is 0 Å². The van der Waals surface area contributed by atoms with E-state index in [1.165, 1.54) is 0 Å². The fourth-order valence-electron chi connectivity index (χ4n) is 1.02. The van der Waals surface area contributed by atoms with Crippen molar-refractivity contribution in [1.29, 1.82) is 0 Å². The van der Waals surface area contributed by atoms with E-state index in [1.807, 2.05) is 30.3 Å². The minimum absolute atomic E-state index is 0.300. The maximum Gasteiger partial charge on any atom is 0.223 e. The Hall–Kier alpha value is -1.28. The van der Waals surface area contributed by atoms with Crippen molar-refractivity contribution in [2.24, 2.45) is 4.99 Å².